The molecule has 12 heteroatoms. The van der Waals surface area contributed by atoms with Crippen LogP contribution >= 0.6 is 23.1 Å². The van der Waals surface area contributed by atoms with Crippen molar-refractivity contribution in [3.05, 3.63) is 101 Å². The fourth-order valence-corrected chi connectivity index (χ4v) is 6.74. The number of hydrogen-bond acceptors (Lipinski definition) is 11. The van der Waals surface area contributed by atoms with Crippen molar-refractivity contribution in [2.24, 2.45) is 0 Å². The summed E-state index contributed by atoms with van der Waals surface area (Å²) in [7, 11) is 4.41. The van der Waals surface area contributed by atoms with E-state index in [-0.39, 0.29) is 16.5 Å². The molecule has 10 nitrogen and oxygen atoms in total. The lowest BCUT2D eigenvalue weighted by atomic mass is 9.94. The highest BCUT2D eigenvalue weighted by Gasteiger charge is 2.47. The van der Waals surface area contributed by atoms with Crippen LogP contribution in [-0.2, 0) is 10.5 Å². The summed E-state index contributed by atoms with van der Waals surface area (Å²) in [5.41, 5.74) is 1.85. The lowest BCUT2D eigenvalue weighted by Gasteiger charge is -2.25. The number of carbonyl (C=O) groups is 2. The number of anilines is 1. The van der Waals surface area contributed by atoms with Gasteiger partial charge >= 0.3 is 0 Å². The van der Waals surface area contributed by atoms with Crippen LogP contribution in [0, 0.1) is 0 Å². The molecule has 1 unspecified atom stereocenters. The second kappa shape index (κ2) is 11.8. The van der Waals surface area contributed by atoms with Crippen LogP contribution < -0.4 is 19.1 Å². The average molecular weight is 616 g/mol. The lowest BCUT2D eigenvalue weighted by Crippen LogP contribution is -2.31. The third kappa shape index (κ3) is 5.19. The molecule has 1 N–H and O–H groups in total. The van der Waals surface area contributed by atoms with Crippen LogP contribution in [0.15, 0.2) is 92.9 Å². The summed E-state index contributed by atoms with van der Waals surface area (Å²) in [5, 5.41) is 20.7. The first-order valence-corrected chi connectivity index (χ1v) is 14.8. The topological polar surface area (TPSA) is 124 Å². The van der Waals surface area contributed by atoms with Crippen molar-refractivity contribution in [3.8, 4) is 17.2 Å². The number of aliphatic hydroxyl groups is 1. The molecule has 3 aromatic carbocycles. The van der Waals surface area contributed by atoms with E-state index in [1.807, 2.05) is 42.5 Å². The van der Waals surface area contributed by atoms with Gasteiger partial charge in [0.1, 0.15) is 5.58 Å². The molecule has 0 saturated carbocycles. The number of fused-ring (bicyclic) bond motifs is 1. The molecule has 0 fully saturated rings. The fourth-order valence-electron chi connectivity index (χ4n) is 4.91. The summed E-state index contributed by atoms with van der Waals surface area (Å²) in [5.74, 6) is -0.577. The van der Waals surface area contributed by atoms with Gasteiger partial charge in [-0.15, -0.1) is 10.2 Å². The van der Waals surface area contributed by atoms with Gasteiger partial charge in [-0.2, -0.15) is 0 Å². The summed E-state index contributed by atoms with van der Waals surface area (Å²) in [6, 6.07) is 20.8. The van der Waals surface area contributed by atoms with Gasteiger partial charge in [0.05, 0.1) is 32.9 Å². The zero-order chi connectivity index (χ0) is 30.1. The Kier molecular flexibility index (Phi) is 7.78. The number of ether oxygens (including phenoxy) is 3. The van der Waals surface area contributed by atoms with E-state index in [2.05, 4.69) is 10.2 Å². The van der Waals surface area contributed by atoms with Gasteiger partial charge in [-0.05, 0) is 35.4 Å². The number of para-hydroxylation sites is 1. The molecule has 0 radical (unpaired) electrons. The van der Waals surface area contributed by atoms with Gasteiger partial charge in [0.25, 0.3) is 5.91 Å². The number of methoxy groups -OCH3 is 3. The van der Waals surface area contributed by atoms with Gasteiger partial charge < -0.3 is 23.7 Å². The minimum absolute atomic E-state index is 0.0220. The molecule has 43 heavy (non-hydrogen) atoms. The molecule has 1 aliphatic heterocycles. The Morgan fingerprint density at radius 3 is 2.35 bits per heavy atom. The first kappa shape index (κ1) is 28.3. The van der Waals surface area contributed by atoms with E-state index in [4.69, 9.17) is 18.6 Å². The van der Waals surface area contributed by atoms with Crippen LogP contribution in [0.25, 0.3) is 11.0 Å². The first-order valence-electron chi connectivity index (χ1n) is 13.0. The van der Waals surface area contributed by atoms with E-state index in [1.54, 1.807) is 30.3 Å². The maximum atomic E-state index is 14.0. The van der Waals surface area contributed by atoms with Gasteiger partial charge in [-0.1, -0.05) is 71.6 Å². The molecular formula is C31H25N3O7S2. The number of thioether (sulfide) groups is 1. The maximum absolute atomic E-state index is 14.0. The zero-order valence-electron chi connectivity index (χ0n) is 23.3. The van der Waals surface area contributed by atoms with Crippen LogP contribution in [0.3, 0.4) is 0 Å². The molecule has 6 rings (SSSR count). The highest BCUT2D eigenvalue weighted by molar-refractivity contribution is 8.00. The SMILES string of the molecule is COc1cc(C2C(C(=O)c3cc4ccccc4o3)=C(O)C(=O)N2c2nnc(SCc3ccccc3)s2)cc(OC)c1OC. The van der Waals surface area contributed by atoms with Gasteiger partial charge in [-0.25, -0.2) is 0 Å². The number of amides is 1. The van der Waals surface area contributed by atoms with Gasteiger partial charge in [0.15, 0.2) is 27.4 Å². The molecule has 3 heterocycles. The largest absolute Gasteiger partial charge is 0.503 e. The third-order valence-corrected chi connectivity index (χ3v) is 9.04. The smallest absolute Gasteiger partial charge is 0.296 e. The Balaban J connectivity index is 1.44. The molecule has 1 atom stereocenters. The normalized spacial score (nSPS) is 14.9. The second-order valence-corrected chi connectivity index (χ2v) is 11.6. The highest BCUT2D eigenvalue weighted by atomic mass is 32.2. The standard InChI is InChI=1S/C31H25N3O7S2/c1-38-22-14-19(15-23(39-2)28(22)40-3)25-24(26(35)21-13-18-11-7-8-12-20(18)41-21)27(36)29(37)34(25)30-32-33-31(43-30)42-16-17-9-5-4-6-10-17/h4-15,25,36H,16H2,1-3H3. The quantitative estimate of drug-likeness (QED) is 0.107. The van der Waals surface area contributed by atoms with Crippen molar-refractivity contribution in [1.29, 1.82) is 0 Å². The number of carbonyl (C=O) groups excluding carboxylic acids is 2. The van der Waals surface area contributed by atoms with E-state index < -0.39 is 23.5 Å². The molecule has 0 aliphatic carbocycles. The number of aromatic nitrogens is 2. The highest BCUT2D eigenvalue weighted by Crippen LogP contribution is 2.48. The average Bonchev–Trinajstić information content (AvgIpc) is 3.76. The number of nitrogens with zero attached hydrogens (tertiary/aromatic N) is 3. The summed E-state index contributed by atoms with van der Waals surface area (Å²) in [6.45, 7) is 0. The number of aliphatic hydroxyl groups excluding tert-OH is 1. The van der Waals surface area contributed by atoms with Crippen molar-refractivity contribution < 1.29 is 33.3 Å². The van der Waals surface area contributed by atoms with Crippen molar-refractivity contribution in [2.75, 3.05) is 26.2 Å². The van der Waals surface area contributed by atoms with Gasteiger partial charge in [0, 0.05) is 11.1 Å². The lowest BCUT2D eigenvalue weighted by molar-refractivity contribution is -0.117. The van der Waals surface area contributed by atoms with E-state index in [0.29, 0.717) is 43.9 Å². The Bertz CT molecular complexity index is 1810. The van der Waals surface area contributed by atoms with Crippen molar-refractivity contribution in [2.45, 2.75) is 16.1 Å². The maximum Gasteiger partial charge on any atom is 0.296 e. The summed E-state index contributed by atoms with van der Waals surface area (Å²) < 4.78 is 23.0. The Hall–Kier alpha value is -4.81. The molecule has 5 aromatic rings. The van der Waals surface area contributed by atoms with Crippen molar-refractivity contribution in [1.82, 2.24) is 10.2 Å². The predicted molar refractivity (Wildman–Crippen MR) is 162 cm³/mol. The summed E-state index contributed by atoms with van der Waals surface area (Å²) in [6.07, 6.45) is 0. The molecular weight excluding hydrogens is 590 g/mol. The monoisotopic (exact) mass is 615 g/mol. The minimum atomic E-state index is -1.11. The Morgan fingerprint density at radius 2 is 1.67 bits per heavy atom. The van der Waals surface area contributed by atoms with Crippen LogP contribution in [0.2, 0.25) is 0 Å². The van der Waals surface area contributed by atoms with Crippen LogP contribution in [0.4, 0.5) is 5.13 Å². The van der Waals surface area contributed by atoms with Gasteiger partial charge in [0.2, 0.25) is 16.7 Å². The van der Waals surface area contributed by atoms with Crippen molar-refractivity contribution >= 4 is 50.9 Å². The molecule has 0 saturated heterocycles. The van der Waals surface area contributed by atoms with E-state index in [1.165, 1.54) is 49.3 Å². The molecule has 218 valence electrons. The first-order chi connectivity index (χ1) is 20.9. The molecule has 1 amide bonds. The minimum Gasteiger partial charge on any atom is -0.503 e. The second-order valence-electron chi connectivity index (χ2n) is 9.40. The predicted octanol–water partition coefficient (Wildman–Crippen LogP) is 6.39. The van der Waals surface area contributed by atoms with Crippen molar-refractivity contribution in [3.63, 3.8) is 0 Å². The molecule has 0 spiro atoms. The number of ketones is 1. The van der Waals surface area contributed by atoms with E-state index in [9.17, 15) is 14.7 Å². The molecule has 1 aliphatic rings. The summed E-state index contributed by atoms with van der Waals surface area (Å²) in [4.78, 5) is 29.0. The Labute approximate surface area is 254 Å². The van der Waals surface area contributed by atoms with Gasteiger partial charge in [-0.3, -0.25) is 14.5 Å². The fraction of sp³-hybridized carbons (Fsp3) is 0.161. The number of hydrogen-bond donors (Lipinski definition) is 1. The van der Waals surface area contributed by atoms with E-state index in [0.717, 1.165) is 5.56 Å². The zero-order valence-corrected chi connectivity index (χ0v) is 24.9. The number of Topliss-reactive ketones (excluding diaryl/α,β-unsaturated/α-hetero) is 1. The Morgan fingerprint density at radius 1 is 0.977 bits per heavy atom. The van der Waals surface area contributed by atoms with Crippen LogP contribution in [-0.4, -0.2) is 48.3 Å². The number of rotatable bonds is 10. The third-order valence-electron chi connectivity index (χ3n) is 6.91. The number of benzene rings is 3. The molecule has 2 aromatic heterocycles. The number of furan rings is 1. The van der Waals surface area contributed by atoms with Crippen LogP contribution in [0.5, 0.6) is 17.2 Å². The summed E-state index contributed by atoms with van der Waals surface area (Å²) >= 11 is 2.65. The van der Waals surface area contributed by atoms with Crippen LogP contribution in [0.1, 0.15) is 27.7 Å². The molecule has 0 bridgehead atoms. The van der Waals surface area contributed by atoms with E-state index >= 15 is 0 Å².